The quantitative estimate of drug-likeness (QED) is 0.925. The van der Waals surface area contributed by atoms with Crippen LogP contribution in [0.15, 0.2) is 20.1 Å². The van der Waals surface area contributed by atoms with Crippen molar-refractivity contribution in [1.82, 2.24) is 0 Å². The highest BCUT2D eigenvalue weighted by molar-refractivity contribution is 9.11. The maximum atomic E-state index is 11.7. The first-order valence-electron chi connectivity index (χ1n) is 4.19. The van der Waals surface area contributed by atoms with Gasteiger partial charge in [0, 0.05) is 6.04 Å². The second-order valence-corrected chi connectivity index (χ2v) is 7.73. The summed E-state index contributed by atoms with van der Waals surface area (Å²) in [7, 11) is -3.19. The summed E-state index contributed by atoms with van der Waals surface area (Å²) in [5.74, 6) is 0.0243. The molecule has 0 amide bonds. The molecule has 0 saturated heterocycles. The molecule has 2 N–H and O–H groups in total. The Labute approximate surface area is 96.4 Å². The van der Waals surface area contributed by atoms with E-state index in [4.69, 9.17) is 5.73 Å². The standard InChI is InChI=1S/C8H12BrNO2S2/c1-2-6(10)5-14(11,12)8-4-3-7(9)13-8/h3-4,6H,2,5,10H2,1H3. The lowest BCUT2D eigenvalue weighted by Gasteiger charge is -2.07. The van der Waals surface area contributed by atoms with Crippen LogP contribution in [0.1, 0.15) is 13.3 Å². The molecule has 0 fully saturated rings. The van der Waals surface area contributed by atoms with Crippen LogP contribution in [0, 0.1) is 0 Å². The normalized spacial score (nSPS) is 14.2. The van der Waals surface area contributed by atoms with E-state index in [0.29, 0.717) is 10.6 Å². The molecule has 1 unspecified atom stereocenters. The largest absolute Gasteiger partial charge is 0.327 e. The zero-order valence-corrected chi connectivity index (χ0v) is 11.0. The Bertz CT molecular complexity index is 399. The lowest BCUT2D eigenvalue weighted by molar-refractivity contribution is 0.586. The molecule has 0 radical (unpaired) electrons. The maximum absolute atomic E-state index is 11.7. The zero-order valence-electron chi connectivity index (χ0n) is 7.73. The molecule has 0 saturated carbocycles. The van der Waals surface area contributed by atoms with Gasteiger partial charge in [0.1, 0.15) is 4.21 Å². The van der Waals surface area contributed by atoms with E-state index in [0.717, 1.165) is 3.79 Å². The van der Waals surface area contributed by atoms with Crippen molar-refractivity contribution in [3.8, 4) is 0 Å². The summed E-state index contributed by atoms with van der Waals surface area (Å²) < 4.78 is 24.7. The van der Waals surface area contributed by atoms with Crippen molar-refractivity contribution in [3.63, 3.8) is 0 Å². The monoisotopic (exact) mass is 297 g/mol. The Morgan fingerprint density at radius 2 is 2.21 bits per heavy atom. The van der Waals surface area contributed by atoms with Gasteiger partial charge in [0.25, 0.3) is 0 Å². The highest BCUT2D eigenvalue weighted by Gasteiger charge is 2.19. The molecule has 1 aromatic heterocycles. The Hall–Kier alpha value is 0.0900. The van der Waals surface area contributed by atoms with Gasteiger partial charge in [-0.25, -0.2) is 8.42 Å². The van der Waals surface area contributed by atoms with E-state index in [1.54, 1.807) is 12.1 Å². The summed E-state index contributed by atoms with van der Waals surface area (Å²) in [6.07, 6.45) is 0.672. The summed E-state index contributed by atoms with van der Waals surface area (Å²) in [6, 6.07) is 3.06. The van der Waals surface area contributed by atoms with Gasteiger partial charge in [0.15, 0.2) is 9.84 Å². The van der Waals surface area contributed by atoms with E-state index < -0.39 is 9.84 Å². The lowest BCUT2D eigenvalue weighted by atomic mass is 10.3. The molecule has 0 aliphatic rings. The molecule has 0 aliphatic carbocycles. The molecule has 0 spiro atoms. The molecule has 0 bridgehead atoms. The first kappa shape index (κ1) is 12.2. The third-order valence-corrected chi connectivity index (χ3v) is 5.86. The van der Waals surface area contributed by atoms with Gasteiger partial charge in [-0.2, -0.15) is 0 Å². The highest BCUT2D eigenvalue weighted by atomic mass is 79.9. The Morgan fingerprint density at radius 1 is 1.57 bits per heavy atom. The van der Waals surface area contributed by atoms with Crippen molar-refractivity contribution in [2.24, 2.45) is 5.73 Å². The third kappa shape index (κ3) is 3.05. The van der Waals surface area contributed by atoms with Crippen molar-refractivity contribution in [1.29, 1.82) is 0 Å². The predicted octanol–water partition coefficient (Wildman–Crippen LogP) is 2.02. The molecule has 6 heteroatoms. The molecule has 14 heavy (non-hydrogen) atoms. The van der Waals surface area contributed by atoms with Crippen molar-refractivity contribution in [3.05, 3.63) is 15.9 Å². The minimum absolute atomic E-state index is 0.0243. The molecule has 80 valence electrons. The number of sulfone groups is 1. The van der Waals surface area contributed by atoms with Gasteiger partial charge >= 0.3 is 0 Å². The van der Waals surface area contributed by atoms with Gasteiger partial charge < -0.3 is 5.73 Å². The predicted molar refractivity (Wildman–Crippen MR) is 62.3 cm³/mol. The highest BCUT2D eigenvalue weighted by Crippen LogP contribution is 2.27. The van der Waals surface area contributed by atoms with Gasteiger partial charge in [-0.15, -0.1) is 11.3 Å². The van der Waals surface area contributed by atoms with Crippen LogP contribution < -0.4 is 5.73 Å². The fraction of sp³-hybridized carbons (Fsp3) is 0.500. The molecule has 1 aromatic rings. The van der Waals surface area contributed by atoms with Crippen LogP contribution in [0.2, 0.25) is 0 Å². The maximum Gasteiger partial charge on any atom is 0.189 e. The first-order valence-corrected chi connectivity index (χ1v) is 7.45. The smallest absolute Gasteiger partial charge is 0.189 e. The van der Waals surface area contributed by atoms with E-state index in [2.05, 4.69) is 15.9 Å². The van der Waals surface area contributed by atoms with Crippen molar-refractivity contribution >= 4 is 37.1 Å². The summed E-state index contributed by atoms with van der Waals surface area (Å²) in [5.41, 5.74) is 5.62. The summed E-state index contributed by atoms with van der Waals surface area (Å²) in [6.45, 7) is 1.88. The summed E-state index contributed by atoms with van der Waals surface area (Å²) in [4.78, 5) is 0. The molecule has 0 aromatic carbocycles. The zero-order chi connectivity index (χ0) is 10.8. The van der Waals surface area contributed by atoms with Crippen molar-refractivity contribution in [2.75, 3.05) is 5.75 Å². The SMILES string of the molecule is CCC(N)CS(=O)(=O)c1ccc(Br)s1. The van der Waals surface area contributed by atoms with E-state index in [9.17, 15) is 8.42 Å². The molecule has 3 nitrogen and oxygen atoms in total. The van der Waals surface area contributed by atoms with E-state index in [1.807, 2.05) is 6.92 Å². The van der Waals surface area contributed by atoms with Gasteiger partial charge in [-0.3, -0.25) is 0 Å². The molecule has 1 rings (SSSR count). The number of hydrogen-bond acceptors (Lipinski definition) is 4. The number of thiophene rings is 1. The molecule has 0 aliphatic heterocycles. The average Bonchev–Trinajstić information content (AvgIpc) is 2.51. The first-order chi connectivity index (χ1) is 6.45. The van der Waals surface area contributed by atoms with Crippen LogP contribution >= 0.6 is 27.3 Å². The fourth-order valence-electron chi connectivity index (χ4n) is 0.947. The van der Waals surface area contributed by atoms with E-state index in [-0.39, 0.29) is 11.8 Å². The van der Waals surface area contributed by atoms with Crippen LogP contribution in [0.5, 0.6) is 0 Å². The minimum Gasteiger partial charge on any atom is -0.327 e. The Kier molecular flexibility index (Phi) is 4.12. The number of halogens is 1. The third-order valence-electron chi connectivity index (χ3n) is 1.81. The van der Waals surface area contributed by atoms with Crippen LogP contribution in [-0.2, 0) is 9.84 Å². The number of hydrogen-bond donors (Lipinski definition) is 1. The van der Waals surface area contributed by atoms with Gasteiger partial charge in [0.05, 0.1) is 9.54 Å². The van der Waals surface area contributed by atoms with Crippen LogP contribution in [-0.4, -0.2) is 20.2 Å². The topological polar surface area (TPSA) is 60.2 Å². The number of rotatable bonds is 4. The average molecular weight is 298 g/mol. The second-order valence-electron chi connectivity index (χ2n) is 3.01. The second kappa shape index (κ2) is 4.74. The van der Waals surface area contributed by atoms with Crippen LogP contribution in [0.25, 0.3) is 0 Å². The van der Waals surface area contributed by atoms with Crippen LogP contribution in [0.3, 0.4) is 0 Å². The lowest BCUT2D eigenvalue weighted by Crippen LogP contribution is -2.28. The van der Waals surface area contributed by atoms with Gasteiger partial charge in [-0.05, 0) is 34.5 Å². The van der Waals surface area contributed by atoms with Crippen LogP contribution in [0.4, 0.5) is 0 Å². The van der Waals surface area contributed by atoms with Gasteiger partial charge in [0.2, 0.25) is 0 Å². The van der Waals surface area contributed by atoms with Gasteiger partial charge in [-0.1, -0.05) is 6.92 Å². The van der Waals surface area contributed by atoms with E-state index >= 15 is 0 Å². The molecular formula is C8H12BrNO2S2. The van der Waals surface area contributed by atoms with E-state index in [1.165, 1.54) is 11.3 Å². The summed E-state index contributed by atoms with van der Waals surface area (Å²) >= 11 is 4.45. The molecular weight excluding hydrogens is 286 g/mol. The van der Waals surface area contributed by atoms with Crippen molar-refractivity contribution in [2.45, 2.75) is 23.6 Å². The fourth-order valence-corrected chi connectivity index (χ4v) is 4.61. The van der Waals surface area contributed by atoms with Crippen molar-refractivity contribution < 1.29 is 8.42 Å². The molecule has 1 heterocycles. The summed E-state index contributed by atoms with van der Waals surface area (Å²) in [5, 5.41) is 0. The Morgan fingerprint density at radius 3 is 2.64 bits per heavy atom. The number of nitrogens with two attached hydrogens (primary N) is 1. The Balaban J connectivity index is 2.86. The minimum atomic E-state index is -3.19. The molecule has 1 atom stereocenters.